The van der Waals surface area contributed by atoms with Gasteiger partial charge in [0.1, 0.15) is 19.0 Å². The van der Waals surface area contributed by atoms with Gasteiger partial charge in [0.2, 0.25) is 0 Å². The molecule has 2 unspecified atom stereocenters. The zero-order valence-corrected chi connectivity index (χ0v) is 20.0. The Morgan fingerprint density at radius 3 is 2.68 bits per heavy atom. The second-order valence-electron chi connectivity index (χ2n) is 8.84. The molecule has 0 saturated carbocycles. The number of rotatable bonds is 7. The lowest BCUT2D eigenvalue weighted by Gasteiger charge is -2.26. The number of allylic oxidation sites excluding steroid dienone is 2. The van der Waals surface area contributed by atoms with Crippen molar-refractivity contribution in [3.63, 3.8) is 0 Å². The van der Waals surface area contributed by atoms with E-state index in [0.29, 0.717) is 30.0 Å². The summed E-state index contributed by atoms with van der Waals surface area (Å²) in [5.74, 6) is 0.532. The first-order valence-electron chi connectivity index (χ1n) is 11.7. The number of fused-ring (bicyclic) bond motifs is 1. The highest BCUT2D eigenvalue weighted by atomic mass is 35.5. The van der Waals surface area contributed by atoms with Gasteiger partial charge >= 0.3 is 0 Å². The molecule has 1 aromatic carbocycles. The van der Waals surface area contributed by atoms with E-state index in [-0.39, 0.29) is 17.6 Å². The fourth-order valence-electron chi connectivity index (χ4n) is 4.53. The van der Waals surface area contributed by atoms with Crippen LogP contribution < -0.4 is 10.3 Å². The van der Waals surface area contributed by atoms with E-state index in [1.165, 1.54) is 18.9 Å². The highest BCUT2D eigenvalue weighted by Crippen LogP contribution is 2.26. The number of nitrogens with zero attached hydrogens (tertiary/aromatic N) is 4. The minimum absolute atomic E-state index is 0.00628. The maximum absolute atomic E-state index is 12.8. The van der Waals surface area contributed by atoms with E-state index in [4.69, 9.17) is 26.1 Å². The van der Waals surface area contributed by atoms with Gasteiger partial charge in [-0.1, -0.05) is 29.8 Å². The Balaban J connectivity index is 1.21. The van der Waals surface area contributed by atoms with Crippen molar-refractivity contribution >= 4 is 23.3 Å². The zero-order chi connectivity index (χ0) is 23.5. The van der Waals surface area contributed by atoms with Crippen LogP contribution in [-0.4, -0.2) is 65.8 Å². The number of aromatic nitrogens is 1. The SMILES string of the molecule is CN1C(OCCN2CCCC2)=NC2C=CC(n3ccc(OCc4ccc(Cl)cc4)cc3=O)=CC21. The lowest BCUT2D eigenvalue weighted by molar-refractivity contribution is 0.202. The molecule has 7 nitrogen and oxygen atoms in total. The summed E-state index contributed by atoms with van der Waals surface area (Å²) in [5, 5.41) is 0.682. The summed E-state index contributed by atoms with van der Waals surface area (Å²) >= 11 is 5.92. The molecular formula is C26H29ClN4O3. The largest absolute Gasteiger partial charge is 0.489 e. The molecule has 3 heterocycles. The molecule has 34 heavy (non-hydrogen) atoms. The number of amidine groups is 1. The zero-order valence-electron chi connectivity index (χ0n) is 19.3. The van der Waals surface area contributed by atoms with Crippen molar-refractivity contribution in [1.82, 2.24) is 14.4 Å². The number of halogens is 1. The van der Waals surface area contributed by atoms with Gasteiger partial charge in [-0.15, -0.1) is 0 Å². The van der Waals surface area contributed by atoms with Gasteiger partial charge in [-0.3, -0.25) is 14.3 Å². The van der Waals surface area contributed by atoms with Crippen LogP contribution in [0, 0.1) is 0 Å². The van der Waals surface area contributed by atoms with Gasteiger partial charge in [-0.05, 0) is 61.8 Å². The number of benzene rings is 1. The molecule has 1 aliphatic carbocycles. The van der Waals surface area contributed by atoms with E-state index in [0.717, 1.165) is 30.9 Å². The Kier molecular flexibility index (Phi) is 6.74. The van der Waals surface area contributed by atoms with Crippen LogP contribution in [0.3, 0.4) is 0 Å². The monoisotopic (exact) mass is 480 g/mol. The molecule has 8 heteroatoms. The molecule has 0 spiro atoms. The van der Waals surface area contributed by atoms with E-state index >= 15 is 0 Å². The molecule has 1 saturated heterocycles. The quantitative estimate of drug-likeness (QED) is 0.605. The van der Waals surface area contributed by atoms with E-state index in [1.807, 2.05) is 48.4 Å². The average Bonchev–Trinajstić information content (AvgIpc) is 3.47. The number of aliphatic imine (C=N–C) groups is 1. The number of hydrogen-bond donors (Lipinski definition) is 0. The molecular weight excluding hydrogens is 452 g/mol. The summed E-state index contributed by atoms with van der Waals surface area (Å²) in [7, 11) is 1.99. The van der Waals surface area contributed by atoms with Crippen LogP contribution in [0.1, 0.15) is 18.4 Å². The van der Waals surface area contributed by atoms with Gasteiger partial charge in [-0.2, -0.15) is 0 Å². The van der Waals surface area contributed by atoms with E-state index in [2.05, 4.69) is 11.0 Å². The highest BCUT2D eigenvalue weighted by Gasteiger charge is 2.34. The van der Waals surface area contributed by atoms with Gasteiger partial charge in [0.15, 0.2) is 0 Å². The summed E-state index contributed by atoms with van der Waals surface area (Å²) in [6.07, 6.45) is 10.3. The Labute approximate surface area is 204 Å². The van der Waals surface area contributed by atoms with Crippen molar-refractivity contribution in [3.05, 3.63) is 81.8 Å². The Bertz CT molecular complexity index is 1170. The minimum atomic E-state index is -0.147. The predicted molar refractivity (Wildman–Crippen MR) is 134 cm³/mol. The van der Waals surface area contributed by atoms with Gasteiger partial charge in [-0.25, -0.2) is 4.99 Å². The Morgan fingerprint density at radius 2 is 1.91 bits per heavy atom. The van der Waals surface area contributed by atoms with Crippen LogP contribution >= 0.6 is 11.6 Å². The smallest absolute Gasteiger partial charge is 0.288 e. The van der Waals surface area contributed by atoms with Crippen molar-refractivity contribution in [2.24, 2.45) is 4.99 Å². The molecule has 0 radical (unpaired) electrons. The fraction of sp³-hybridized carbons (Fsp3) is 0.385. The molecule has 1 fully saturated rings. The summed E-state index contributed by atoms with van der Waals surface area (Å²) in [6, 6.07) is 11.4. The first-order valence-corrected chi connectivity index (χ1v) is 12.1. The van der Waals surface area contributed by atoms with Crippen molar-refractivity contribution in [1.29, 1.82) is 0 Å². The first-order chi connectivity index (χ1) is 16.6. The topological polar surface area (TPSA) is 59.3 Å². The highest BCUT2D eigenvalue weighted by molar-refractivity contribution is 6.30. The van der Waals surface area contributed by atoms with Crippen LogP contribution in [0.25, 0.3) is 5.70 Å². The maximum atomic E-state index is 12.8. The fourth-order valence-corrected chi connectivity index (χ4v) is 4.66. The van der Waals surface area contributed by atoms with E-state index < -0.39 is 0 Å². The summed E-state index contributed by atoms with van der Waals surface area (Å²) < 4.78 is 13.4. The molecule has 3 aliphatic rings. The lowest BCUT2D eigenvalue weighted by Crippen LogP contribution is -2.38. The number of likely N-dealkylation sites (tertiary alicyclic amines) is 1. The minimum Gasteiger partial charge on any atom is -0.489 e. The molecule has 1 aromatic heterocycles. The number of pyridine rings is 1. The third-order valence-electron chi connectivity index (χ3n) is 6.49. The van der Waals surface area contributed by atoms with Crippen LogP contribution in [-0.2, 0) is 11.3 Å². The van der Waals surface area contributed by atoms with Crippen molar-refractivity contribution < 1.29 is 9.47 Å². The molecule has 2 atom stereocenters. The van der Waals surface area contributed by atoms with Crippen LogP contribution in [0.2, 0.25) is 5.02 Å². The summed E-state index contributed by atoms with van der Waals surface area (Å²) in [4.78, 5) is 22.0. The Morgan fingerprint density at radius 1 is 1.12 bits per heavy atom. The van der Waals surface area contributed by atoms with Crippen molar-refractivity contribution in [2.45, 2.75) is 31.5 Å². The second-order valence-corrected chi connectivity index (χ2v) is 9.27. The Hall–Kier alpha value is -3.03. The summed E-state index contributed by atoms with van der Waals surface area (Å²) in [5.41, 5.74) is 1.66. The second kappa shape index (κ2) is 10.1. The summed E-state index contributed by atoms with van der Waals surface area (Å²) in [6.45, 7) is 4.26. The molecule has 0 N–H and O–H groups in total. The molecule has 2 aromatic rings. The molecule has 5 rings (SSSR count). The van der Waals surface area contributed by atoms with E-state index in [1.54, 1.807) is 16.8 Å². The number of hydrogen-bond acceptors (Lipinski definition) is 6. The average molecular weight is 481 g/mol. The molecule has 178 valence electrons. The number of ether oxygens (including phenoxy) is 2. The molecule has 2 aliphatic heterocycles. The molecule has 0 amide bonds. The lowest BCUT2D eigenvalue weighted by atomic mass is 10.0. The predicted octanol–water partition coefficient (Wildman–Crippen LogP) is 3.64. The number of likely N-dealkylation sites (N-methyl/N-ethyl adjacent to an activating group) is 1. The van der Waals surface area contributed by atoms with Gasteiger partial charge in [0, 0.05) is 36.6 Å². The third kappa shape index (κ3) is 5.05. The standard InChI is InChI=1S/C26H29ClN4O3/c1-29-24-16-21(8-9-23(24)28-26(29)33-15-14-30-11-2-3-12-30)31-13-10-22(17-25(31)32)34-18-19-4-6-20(27)7-5-19/h4-10,13,16-17,23-24H,2-3,11-12,14-15,18H2,1H3. The third-order valence-corrected chi connectivity index (χ3v) is 6.74. The van der Waals surface area contributed by atoms with Gasteiger partial charge in [0.05, 0.1) is 12.1 Å². The van der Waals surface area contributed by atoms with Crippen LogP contribution in [0.15, 0.2) is 70.6 Å². The van der Waals surface area contributed by atoms with Crippen LogP contribution in [0.5, 0.6) is 5.75 Å². The van der Waals surface area contributed by atoms with E-state index in [9.17, 15) is 4.79 Å². The van der Waals surface area contributed by atoms with Crippen molar-refractivity contribution in [3.8, 4) is 5.75 Å². The maximum Gasteiger partial charge on any atom is 0.288 e. The van der Waals surface area contributed by atoms with Crippen LogP contribution in [0.4, 0.5) is 0 Å². The van der Waals surface area contributed by atoms with Gasteiger partial charge in [0.25, 0.3) is 11.6 Å². The normalized spacial score (nSPS) is 21.9. The molecule has 0 bridgehead atoms. The first kappa shape index (κ1) is 22.7. The van der Waals surface area contributed by atoms with Gasteiger partial charge < -0.3 is 14.4 Å². The van der Waals surface area contributed by atoms with Crippen molar-refractivity contribution in [2.75, 3.05) is 33.3 Å².